The van der Waals surface area contributed by atoms with Gasteiger partial charge in [0.15, 0.2) is 0 Å². The molecule has 19 heavy (non-hydrogen) atoms. The molecule has 1 aromatic rings. The molecule has 0 unspecified atom stereocenters. The molecule has 3 nitrogen and oxygen atoms in total. The highest BCUT2D eigenvalue weighted by Gasteiger charge is 2.28. The van der Waals surface area contributed by atoms with Crippen molar-refractivity contribution in [3.8, 4) is 5.75 Å². The number of carboxylic acid groups (broad SMARTS) is 1. The van der Waals surface area contributed by atoms with Crippen molar-refractivity contribution in [1.82, 2.24) is 0 Å². The number of hydrogen-bond acceptors (Lipinski definition) is 2. The maximum Gasteiger partial charge on any atom is 0.339 e. The summed E-state index contributed by atoms with van der Waals surface area (Å²) in [6, 6.07) is 3.64. The van der Waals surface area contributed by atoms with Crippen molar-refractivity contribution < 1.29 is 19.0 Å². The number of rotatable bonds is 3. The minimum absolute atomic E-state index is 0.0246. The van der Waals surface area contributed by atoms with Gasteiger partial charge in [-0.1, -0.05) is 13.8 Å². The Hall–Kier alpha value is -1.58. The van der Waals surface area contributed by atoms with Gasteiger partial charge in [0.2, 0.25) is 0 Å². The third kappa shape index (κ3) is 3.46. The lowest BCUT2D eigenvalue weighted by Gasteiger charge is -2.34. The predicted octanol–water partition coefficient (Wildman–Crippen LogP) is 3.87. The molecule has 104 valence electrons. The van der Waals surface area contributed by atoms with Crippen molar-refractivity contribution in [2.75, 3.05) is 0 Å². The van der Waals surface area contributed by atoms with E-state index in [0.717, 1.165) is 31.7 Å². The molecule has 2 rings (SSSR count). The summed E-state index contributed by atoms with van der Waals surface area (Å²) >= 11 is 0. The van der Waals surface area contributed by atoms with Crippen molar-refractivity contribution in [2.45, 2.75) is 45.6 Å². The van der Waals surface area contributed by atoms with Gasteiger partial charge in [-0.3, -0.25) is 0 Å². The first-order valence-corrected chi connectivity index (χ1v) is 6.57. The van der Waals surface area contributed by atoms with Gasteiger partial charge in [-0.2, -0.15) is 0 Å². The summed E-state index contributed by atoms with van der Waals surface area (Å²) < 4.78 is 18.8. The quantitative estimate of drug-likeness (QED) is 0.903. The Bertz CT molecular complexity index is 472. The number of carbonyl (C=O) groups is 1. The van der Waals surface area contributed by atoms with Gasteiger partial charge in [-0.25, -0.2) is 9.18 Å². The highest BCUT2D eigenvalue weighted by Crippen LogP contribution is 2.37. The zero-order valence-corrected chi connectivity index (χ0v) is 11.3. The van der Waals surface area contributed by atoms with E-state index in [2.05, 4.69) is 13.8 Å². The van der Waals surface area contributed by atoms with Crippen molar-refractivity contribution >= 4 is 5.97 Å². The normalized spacial score (nSPS) is 19.1. The lowest BCUT2D eigenvalue weighted by Crippen LogP contribution is -2.28. The van der Waals surface area contributed by atoms with Gasteiger partial charge in [-0.05, 0) is 49.3 Å². The Balaban J connectivity index is 2.10. The molecule has 0 atom stereocenters. The van der Waals surface area contributed by atoms with Crippen LogP contribution in [0.5, 0.6) is 5.75 Å². The fourth-order valence-electron chi connectivity index (χ4n) is 2.44. The molecule has 0 amide bonds. The molecule has 1 N–H and O–H groups in total. The van der Waals surface area contributed by atoms with Crippen LogP contribution < -0.4 is 4.74 Å². The molecule has 0 spiro atoms. The van der Waals surface area contributed by atoms with Gasteiger partial charge in [0.1, 0.15) is 17.1 Å². The third-order valence-corrected chi connectivity index (χ3v) is 3.75. The molecule has 4 heteroatoms. The van der Waals surface area contributed by atoms with E-state index in [1.165, 1.54) is 12.1 Å². The molecule has 0 aromatic heterocycles. The van der Waals surface area contributed by atoms with Crippen LogP contribution in [0.4, 0.5) is 4.39 Å². The van der Waals surface area contributed by atoms with Crippen molar-refractivity contribution in [2.24, 2.45) is 5.41 Å². The van der Waals surface area contributed by atoms with E-state index in [1.807, 2.05) is 0 Å². The molecule has 0 bridgehead atoms. The van der Waals surface area contributed by atoms with Gasteiger partial charge >= 0.3 is 5.97 Å². The average molecular weight is 266 g/mol. The maximum absolute atomic E-state index is 13.1. The van der Waals surface area contributed by atoms with Gasteiger partial charge in [0.25, 0.3) is 0 Å². The number of benzene rings is 1. The van der Waals surface area contributed by atoms with E-state index in [4.69, 9.17) is 9.84 Å². The van der Waals surface area contributed by atoms with Crippen LogP contribution in [-0.4, -0.2) is 17.2 Å². The molecular weight excluding hydrogens is 247 g/mol. The largest absolute Gasteiger partial charge is 0.490 e. The summed E-state index contributed by atoms with van der Waals surface area (Å²) in [6.07, 6.45) is 3.95. The molecule has 1 aliphatic carbocycles. The first-order valence-electron chi connectivity index (χ1n) is 6.57. The Morgan fingerprint density at radius 2 is 2.00 bits per heavy atom. The van der Waals surface area contributed by atoms with Crippen LogP contribution >= 0.6 is 0 Å². The minimum Gasteiger partial charge on any atom is -0.490 e. The molecule has 1 fully saturated rings. The smallest absolute Gasteiger partial charge is 0.339 e. The average Bonchev–Trinajstić information content (AvgIpc) is 2.33. The lowest BCUT2D eigenvalue weighted by atomic mass is 9.76. The molecular formula is C15H19FO3. The fraction of sp³-hybridized carbons (Fsp3) is 0.533. The number of aromatic carboxylic acids is 1. The highest BCUT2D eigenvalue weighted by molar-refractivity contribution is 5.90. The zero-order chi connectivity index (χ0) is 14.0. The summed E-state index contributed by atoms with van der Waals surface area (Å²) in [6.45, 7) is 4.45. The second-order valence-electron chi connectivity index (χ2n) is 5.93. The molecule has 0 aliphatic heterocycles. The van der Waals surface area contributed by atoms with Crippen LogP contribution in [0.2, 0.25) is 0 Å². The minimum atomic E-state index is -1.16. The Labute approximate surface area is 112 Å². The third-order valence-electron chi connectivity index (χ3n) is 3.75. The molecule has 0 radical (unpaired) electrons. The number of hydrogen-bond donors (Lipinski definition) is 1. The molecule has 0 heterocycles. The standard InChI is InChI=1S/C15H19FO3/c1-15(2)7-5-11(6-8-15)19-13-4-3-10(16)9-12(13)14(17)18/h3-4,9,11H,5-8H2,1-2H3,(H,17,18). The van der Waals surface area contributed by atoms with Gasteiger partial charge in [0, 0.05) is 0 Å². The molecule has 1 saturated carbocycles. The van der Waals surface area contributed by atoms with E-state index >= 15 is 0 Å². The van der Waals surface area contributed by atoms with Crippen LogP contribution in [0, 0.1) is 11.2 Å². The second-order valence-corrected chi connectivity index (χ2v) is 5.93. The van der Waals surface area contributed by atoms with E-state index in [1.54, 1.807) is 0 Å². The van der Waals surface area contributed by atoms with Crippen molar-refractivity contribution in [3.63, 3.8) is 0 Å². The van der Waals surface area contributed by atoms with E-state index in [9.17, 15) is 9.18 Å². The first-order chi connectivity index (χ1) is 8.87. The van der Waals surface area contributed by atoms with Crippen LogP contribution in [0.25, 0.3) is 0 Å². The molecule has 0 saturated heterocycles. The maximum atomic E-state index is 13.1. The van der Waals surface area contributed by atoms with E-state index < -0.39 is 11.8 Å². The molecule has 1 aromatic carbocycles. The summed E-state index contributed by atoms with van der Waals surface area (Å²) in [4.78, 5) is 11.1. The fourth-order valence-corrected chi connectivity index (χ4v) is 2.44. The van der Waals surface area contributed by atoms with Gasteiger partial charge < -0.3 is 9.84 Å². The van der Waals surface area contributed by atoms with Gasteiger partial charge in [-0.15, -0.1) is 0 Å². The monoisotopic (exact) mass is 266 g/mol. The zero-order valence-electron chi connectivity index (χ0n) is 11.3. The van der Waals surface area contributed by atoms with Crippen molar-refractivity contribution in [1.29, 1.82) is 0 Å². The highest BCUT2D eigenvalue weighted by atomic mass is 19.1. The topological polar surface area (TPSA) is 46.5 Å². The van der Waals surface area contributed by atoms with Crippen LogP contribution in [-0.2, 0) is 0 Å². The second kappa shape index (κ2) is 5.19. The Morgan fingerprint density at radius 1 is 1.37 bits per heavy atom. The summed E-state index contributed by atoms with van der Waals surface area (Å²) in [5, 5.41) is 9.06. The van der Waals surface area contributed by atoms with E-state index in [0.29, 0.717) is 5.41 Å². The number of carboxylic acids is 1. The summed E-state index contributed by atoms with van der Waals surface area (Å²) in [7, 11) is 0. The summed E-state index contributed by atoms with van der Waals surface area (Å²) in [5.74, 6) is -1.46. The van der Waals surface area contributed by atoms with Crippen LogP contribution in [0.15, 0.2) is 18.2 Å². The predicted molar refractivity (Wildman–Crippen MR) is 70.0 cm³/mol. The van der Waals surface area contributed by atoms with E-state index in [-0.39, 0.29) is 17.4 Å². The Morgan fingerprint density at radius 3 is 2.58 bits per heavy atom. The van der Waals surface area contributed by atoms with Crippen LogP contribution in [0.1, 0.15) is 49.9 Å². The Kier molecular flexibility index (Phi) is 3.78. The SMILES string of the molecule is CC1(C)CCC(Oc2ccc(F)cc2C(=O)O)CC1. The number of ether oxygens (including phenoxy) is 1. The number of halogens is 1. The molecule has 1 aliphatic rings. The first kappa shape index (κ1) is 13.8. The van der Waals surface area contributed by atoms with Crippen molar-refractivity contribution in [3.05, 3.63) is 29.6 Å². The lowest BCUT2D eigenvalue weighted by molar-refractivity contribution is 0.0673. The summed E-state index contributed by atoms with van der Waals surface area (Å²) in [5.41, 5.74) is 0.225. The van der Waals surface area contributed by atoms with Gasteiger partial charge in [0.05, 0.1) is 6.10 Å². The van der Waals surface area contributed by atoms with Crippen LogP contribution in [0.3, 0.4) is 0 Å².